The molecule has 1 heterocycles. The third-order valence-corrected chi connectivity index (χ3v) is 7.51. The Morgan fingerprint density at radius 3 is 1.51 bits per heavy atom. The van der Waals surface area contributed by atoms with Crippen molar-refractivity contribution >= 4 is 37.4 Å². The molecule has 0 spiro atoms. The number of rotatable bonds is 12. The van der Waals surface area contributed by atoms with Crippen LogP contribution in [0.3, 0.4) is 0 Å². The Bertz CT molecular complexity index is 959. The van der Waals surface area contributed by atoms with Crippen molar-refractivity contribution in [3.8, 4) is 0 Å². The van der Waals surface area contributed by atoms with E-state index in [4.69, 9.17) is 37.5 Å². The lowest BCUT2D eigenvalue weighted by Gasteiger charge is -2.44. The zero-order chi connectivity index (χ0) is 31.8. The van der Waals surface area contributed by atoms with E-state index < -0.39 is 98.4 Å². The largest absolute Gasteiger partial charge is 0.463 e. The van der Waals surface area contributed by atoms with Crippen LogP contribution in [-0.2, 0) is 66.0 Å². The summed E-state index contributed by atoms with van der Waals surface area (Å²) in [6, 6.07) is 0. The minimum absolute atomic E-state index is 0.254. The van der Waals surface area contributed by atoms with E-state index in [1.54, 1.807) is 48.5 Å². The Kier molecular flexibility index (Phi) is 13.4. The first-order valence-electron chi connectivity index (χ1n) is 13.0. The van der Waals surface area contributed by atoms with Crippen molar-refractivity contribution < 1.29 is 66.0 Å². The van der Waals surface area contributed by atoms with Gasteiger partial charge in [0.05, 0.1) is 23.1 Å². The van der Waals surface area contributed by atoms with Crippen LogP contribution < -0.4 is 0 Å². The Balaban J connectivity index is 3.35. The van der Waals surface area contributed by atoms with E-state index in [1.807, 2.05) is 0 Å². The molecule has 0 aliphatic carbocycles. The third kappa shape index (κ3) is 12.5. The smallest absolute Gasteiger partial charge is 0.339 e. The lowest BCUT2D eigenvalue weighted by atomic mass is 9.88. The molecular formula is C26H43O14P. The van der Waals surface area contributed by atoms with Gasteiger partial charge in [0.1, 0.15) is 18.8 Å². The molecule has 14 nitrogen and oxygen atoms in total. The monoisotopic (exact) mass is 610 g/mol. The van der Waals surface area contributed by atoms with Gasteiger partial charge in [-0.15, -0.1) is 0 Å². The molecule has 1 fully saturated rings. The van der Waals surface area contributed by atoms with Crippen molar-refractivity contribution in [2.45, 2.75) is 93.7 Å². The van der Waals surface area contributed by atoms with Crippen LogP contribution in [0.5, 0.6) is 0 Å². The SMILES string of the molecule is CC(=O)OC[C@H]1O[C@H](CP(=O)(OCOC(=O)C(C)(C)C)OCOC(=O)C(C)(C)C)[C@@H](OC(C)=O)[C@@H](OC(C)=O)[C@@H]1C. The summed E-state index contributed by atoms with van der Waals surface area (Å²) in [5, 5.41) is 0. The maximum Gasteiger partial charge on any atom is 0.339 e. The van der Waals surface area contributed by atoms with E-state index in [-0.39, 0.29) is 6.61 Å². The van der Waals surface area contributed by atoms with Crippen molar-refractivity contribution in [2.24, 2.45) is 16.7 Å². The Labute approximate surface area is 240 Å². The Morgan fingerprint density at radius 2 is 1.12 bits per heavy atom. The molecule has 0 amide bonds. The van der Waals surface area contributed by atoms with Gasteiger partial charge in [0.25, 0.3) is 0 Å². The average Bonchev–Trinajstić information content (AvgIpc) is 2.80. The first-order chi connectivity index (χ1) is 18.7. The summed E-state index contributed by atoms with van der Waals surface area (Å²) in [6.07, 6.45) is -5.17. The molecule has 0 saturated carbocycles. The highest BCUT2D eigenvalue weighted by Crippen LogP contribution is 2.51. The molecule has 1 rings (SSSR count). The van der Waals surface area contributed by atoms with Crippen LogP contribution in [0.2, 0.25) is 0 Å². The number of ether oxygens (including phenoxy) is 6. The minimum atomic E-state index is -4.35. The molecule has 0 bridgehead atoms. The molecule has 1 saturated heterocycles. The molecule has 0 N–H and O–H groups in total. The summed E-state index contributed by atoms with van der Waals surface area (Å²) in [4.78, 5) is 59.8. The molecule has 0 aromatic heterocycles. The van der Waals surface area contributed by atoms with Gasteiger partial charge in [0.2, 0.25) is 13.6 Å². The molecule has 41 heavy (non-hydrogen) atoms. The molecule has 236 valence electrons. The van der Waals surface area contributed by atoms with Crippen LogP contribution in [0.15, 0.2) is 0 Å². The van der Waals surface area contributed by atoms with Gasteiger partial charge in [-0.3, -0.25) is 37.6 Å². The van der Waals surface area contributed by atoms with E-state index in [2.05, 4.69) is 0 Å². The van der Waals surface area contributed by atoms with Gasteiger partial charge in [0.15, 0.2) is 6.10 Å². The minimum Gasteiger partial charge on any atom is -0.463 e. The predicted molar refractivity (Wildman–Crippen MR) is 141 cm³/mol. The lowest BCUT2D eigenvalue weighted by Crippen LogP contribution is -2.58. The predicted octanol–water partition coefficient (Wildman–Crippen LogP) is 3.14. The molecule has 0 aromatic carbocycles. The summed E-state index contributed by atoms with van der Waals surface area (Å²) in [5.74, 6) is -3.98. The molecular weight excluding hydrogens is 567 g/mol. The normalized spacial score (nSPS) is 23.2. The second kappa shape index (κ2) is 15.1. The fourth-order valence-electron chi connectivity index (χ4n) is 3.50. The van der Waals surface area contributed by atoms with E-state index in [0.717, 1.165) is 13.8 Å². The standard InChI is InChI=1S/C26H43O14P/c1-15-19(11-33-16(2)27)40-20(22(39-18(4)29)21(15)38-17(3)28)12-41(32,36-13-34-23(30)25(5,6)7)37-14-35-24(31)26(8,9)10/h15,19-22H,11-14H2,1-10H3/t15-,19-,20-,21+,22-/m1/s1. The summed E-state index contributed by atoms with van der Waals surface area (Å²) < 4.78 is 56.8. The topological polar surface area (TPSA) is 176 Å². The van der Waals surface area contributed by atoms with Crippen LogP contribution >= 0.6 is 7.60 Å². The number of carbonyl (C=O) groups is 5. The van der Waals surface area contributed by atoms with Crippen molar-refractivity contribution in [3.05, 3.63) is 0 Å². The Hall–Kier alpha value is -2.54. The van der Waals surface area contributed by atoms with Gasteiger partial charge < -0.3 is 28.4 Å². The summed E-state index contributed by atoms with van der Waals surface area (Å²) >= 11 is 0. The summed E-state index contributed by atoms with van der Waals surface area (Å²) in [6.45, 7) is 12.9. The fourth-order valence-corrected chi connectivity index (χ4v) is 4.95. The molecule has 5 atom stereocenters. The number of hydrogen-bond acceptors (Lipinski definition) is 14. The second-order valence-corrected chi connectivity index (χ2v) is 13.8. The summed E-state index contributed by atoms with van der Waals surface area (Å²) in [5.41, 5.74) is -1.78. The van der Waals surface area contributed by atoms with Crippen molar-refractivity contribution in [1.29, 1.82) is 0 Å². The van der Waals surface area contributed by atoms with Gasteiger partial charge in [-0.05, 0) is 41.5 Å². The molecule has 1 aliphatic heterocycles. The number of esters is 5. The second-order valence-electron chi connectivity index (χ2n) is 11.7. The maximum absolute atomic E-state index is 13.9. The van der Waals surface area contributed by atoms with Crippen LogP contribution in [0.25, 0.3) is 0 Å². The van der Waals surface area contributed by atoms with Crippen LogP contribution in [-0.4, -0.2) is 80.6 Å². The number of carbonyl (C=O) groups excluding carboxylic acids is 5. The van der Waals surface area contributed by atoms with Gasteiger partial charge in [-0.1, -0.05) is 6.92 Å². The zero-order valence-electron chi connectivity index (χ0n) is 25.4. The van der Waals surface area contributed by atoms with E-state index in [0.29, 0.717) is 0 Å². The van der Waals surface area contributed by atoms with Crippen LogP contribution in [0.1, 0.15) is 69.2 Å². The van der Waals surface area contributed by atoms with E-state index >= 15 is 0 Å². The number of hydrogen-bond donors (Lipinski definition) is 0. The van der Waals surface area contributed by atoms with Crippen molar-refractivity contribution in [1.82, 2.24) is 0 Å². The highest BCUT2D eigenvalue weighted by atomic mass is 31.2. The van der Waals surface area contributed by atoms with Crippen molar-refractivity contribution in [3.63, 3.8) is 0 Å². The molecule has 0 aromatic rings. The van der Waals surface area contributed by atoms with Crippen molar-refractivity contribution in [2.75, 3.05) is 26.4 Å². The van der Waals surface area contributed by atoms with E-state index in [9.17, 15) is 28.5 Å². The summed E-state index contributed by atoms with van der Waals surface area (Å²) in [7, 11) is -4.35. The van der Waals surface area contributed by atoms with Gasteiger partial charge >= 0.3 is 37.4 Å². The first kappa shape index (κ1) is 36.5. The molecule has 1 aliphatic rings. The molecule has 15 heteroatoms. The Morgan fingerprint density at radius 1 is 0.683 bits per heavy atom. The molecule has 0 radical (unpaired) electrons. The highest BCUT2D eigenvalue weighted by molar-refractivity contribution is 7.53. The van der Waals surface area contributed by atoms with Gasteiger partial charge in [0, 0.05) is 26.7 Å². The highest BCUT2D eigenvalue weighted by Gasteiger charge is 2.51. The lowest BCUT2D eigenvalue weighted by molar-refractivity contribution is -0.226. The quantitative estimate of drug-likeness (QED) is 0.136. The zero-order valence-corrected chi connectivity index (χ0v) is 26.3. The third-order valence-electron chi connectivity index (χ3n) is 5.71. The molecule has 0 unspecified atom stereocenters. The van der Waals surface area contributed by atoms with Crippen LogP contribution in [0.4, 0.5) is 0 Å². The first-order valence-corrected chi connectivity index (χ1v) is 14.7. The van der Waals surface area contributed by atoms with E-state index in [1.165, 1.54) is 6.92 Å². The van der Waals surface area contributed by atoms with Gasteiger partial charge in [-0.2, -0.15) is 0 Å². The average molecular weight is 611 g/mol. The van der Waals surface area contributed by atoms with Crippen LogP contribution in [0, 0.1) is 16.7 Å². The fraction of sp³-hybridized carbons (Fsp3) is 0.808. The maximum atomic E-state index is 13.9. The van der Waals surface area contributed by atoms with Gasteiger partial charge in [-0.25, -0.2) is 0 Å².